The maximum Gasteiger partial charge on any atom is -0.0235 e. The van der Waals surface area contributed by atoms with Crippen molar-refractivity contribution in [3.63, 3.8) is 0 Å². The van der Waals surface area contributed by atoms with E-state index >= 15 is 0 Å². The molecule has 0 aromatic rings. The highest BCUT2D eigenvalue weighted by atomic mass is 14.1. The third-order valence-electron chi connectivity index (χ3n) is 6.56. The van der Waals surface area contributed by atoms with E-state index in [9.17, 15) is 0 Å². The lowest BCUT2D eigenvalue weighted by atomic mass is 9.89. The molecule has 0 fully saturated rings. The van der Waals surface area contributed by atoms with Gasteiger partial charge in [-0.2, -0.15) is 0 Å². The lowest BCUT2D eigenvalue weighted by Gasteiger charge is -2.17. The van der Waals surface area contributed by atoms with Crippen molar-refractivity contribution >= 4 is 0 Å². The Kier molecular flexibility index (Phi) is 52.2. The summed E-state index contributed by atoms with van der Waals surface area (Å²) in [6.07, 6.45) is 21.1. The number of hydrogen-bond acceptors (Lipinski definition) is 0. The molecule has 0 heterocycles. The predicted molar refractivity (Wildman–Crippen MR) is 172 cm³/mol. The van der Waals surface area contributed by atoms with Gasteiger partial charge >= 0.3 is 0 Å². The van der Waals surface area contributed by atoms with Gasteiger partial charge in [0, 0.05) is 0 Å². The molecule has 0 heteroatoms. The van der Waals surface area contributed by atoms with E-state index in [0.29, 0.717) is 0 Å². The zero-order valence-electron chi connectivity index (χ0n) is 28.3. The van der Waals surface area contributed by atoms with Gasteiger partial charge in [-0.1, -0.05) is 186 Å². The second-order valence-electron chi connectivity index (χ2n) is 11.1. The Hall–Kier alpha value is -0.260. The summed E-state index contributed by atoms with van der Waals surface area (Å²) in [5.74, 6) is 3.56. The monoisotopic (exact) mass is 499 g/mol. The molecular formula is C35H78. The molecule has 35 heavy (non-hydrogen) atoms. The predicted octanol–water partition coefficient (Wildman–Crippen LogP) is 14.1. The summed E-state index contributed by atoms with van der Waals surface area (Å²) >= 11 is 0. The van der Waals surface area contributed by atoms with Gasteiger partial charge in [0.05, 0.1) is 0 Å². The molecule has 3 atom stereocenters. The van der Waals surface area contributed by atoms with Crippen LogP contribution in [0.4, 0.5) is 0 Å². The second kappa shape index (κ2) is 40.9. The van der Waals surface area contributed by atoms with Crippen molar-refractivity contribution < 1.29 is 0 Å². The van der Waals surface area contributed by atoms with E-state index in [0.717, 1.165) is 23.7 Å². The van der Waals surface area contributed by atoms with E-state index in [1.165, 1.54) is 89.9 Å². The normalized spacial score (nSPS) is 13.0. The maximum absolute atomic E-state index is 2.38. The Labute approximate surface area is 228 Å². The van der Waals surface area contributed by atoms with Crippen molar-refractivity contribution in [2.45, 2.75) is 194 Å². The average molecular weight is 499 g/mol. The number of unbranched alkanes of at least 4 members (excludes halogenated alkanes) is 3. The van der Waals surface area contributed by atoms with Crippen molar-refractivity contribution in [1.29, 1.82) is 0 Å². The standard InChI is InChI=1S/C10H22.C10H20.C6H14.C5H12.C4H10/c2*1-5-7-9(3)10(4)8-6-2;1-4-5-6(2)3;1-3-5-4-2;1-3-4-2/h9-10H,5-8H2,1-4H3;7,10H,5-6,8H2,1-4H3;6H,4-5H2,1-3H3;3-5H2,1-2H3;3-4H2,1-2H3/b;9-7+;;;. The van der Waals surface area contributed by atoms with Crippen molar-refractivity contribution in [1.82, 2.24) is 0 Å². The molecule has 0 aliphatic rings. The molecular weight excluding hydrogens is 420 g/mol. The Morgan fingerprint density at radius 1 is 0.486 bits per heavy atom. The van der Waals surface area contributed by atoms with Crippen LogP contribution in [-0.4, -0.2) is 0 Å². The van der Waals surface area contributed by atoms with Crippen molar-refractivity contribution in [3.8, 4) is 0 Å². The molecule has 0 spiro atoms. The Morgan fingerprint density at radius 2 is 0.857 bits per heavy atom. The molecule has 0 bridgehead atoms. The zero-order chi connectivity index (χ0) is 28.5. The summed E-state index contributed by atoms with van der Waals surface area (Å²) in [7, 11) is 0. The van der Waals surface area contributed by atoms with E-state index < -0.39 is 0 Å². The second-order valence-corrected chi connectivity index (χ2v) is 11.1. The van der Waals surface area contributed by atoms with Crippen LogP contribution in [0, 0.1) is 23.7 Å². The minimum atomic E-state index is 0.796. The summed E-state index contributed by atoms with van der Waals surface area (Å²) in [5, 5.41) is 0. The summed E-state index contributed by atoms with van der Waals surface area (Å²) < 4.78 is 0. The summed E-state index contributed by atoms with van der Waals surface area (Å²) in [6.45, 7) is 33.8. The Bertz CT molecular complexity index is 324. The lowest BCUT2D eigenvalue weighted by Crippen LogP contribution is -2.06. The molecule has 218 valence electrons. The first-order chi connectivity index (χ1) is 16.5. The van der Waals surface area contributed by atoms with Gasteiger partial charge < -0.3 is 0 Å². The van der Waals surface area contributed by atoms with Crippen molar-refractivity contribution in [2.75, 3.05) is 0 Å². The van der Waals surface area contributed by atoms with E-state index in [1.807, 2.05) is 0 Å². The van der Waals surface area contributed by atoms with Crippen LogP contribution >= 0.6 is 0 Å². The van der Waals surface area contributed by atoms with Crippen LogP contribution in [0.25, 0.3) is 0 Å². The fourth-order valence-electron chi connectivity index (χ4n) is 3.59. The molecule has 0 aliphatic carbocycles. The minimum Gasteiger partial charge on any atom is -0.0856 e. The molecule has 0 N–H and O–H groups in total. The maximum atomic E-state index is 2.38. The highest BCUT2D eigenvalue weighted by Crippen LogP contribution is 2.20. The number of rotatable bonds is 14. The van der Waals surface area contributed by atoms with Crippen LogP contribution in [0.1, 0.15) is 194 Å². The Morgan fingerprint density at radius 3 is 1.03 bits per heavy atom. The van der Waals surface area contributed by atoms with E-state index in [4.69, 9.17) is 0 Å². The van der Waals surface area contributed by atoms with Crippen LogP contribution in [-0.2, 0) is 0 Å². The van der Waals surface area contributed by atoms with Crippen LogP contribution in [0.5, 0.6) is 0 Å². The third kappa shape index (κ3) is 51.3. The zero-order valence-corrected chi connectivity index (χ0v) is 28.3. The van der Waals surface area contributed by atoms with Crippen LogP contribution in [0.3, 0.4) is 0 Å². The number of allylic oxidation sites excluding steroid dienone is 2. The highest BCUT2D eigenvalue weighted by Gasteiger charge is 2.08. The van der Waals surface area contributed by atoms with Crippen LogP contribution in [0.2, 0.25) is 0 Å². The van der Waals surface area contributed by atoms with Gasteiger partial charge in [-0.3, -0.25) is 0 Å². The molecule has 0 aromatic heterocycles. The topological polar surface area (TPSA) is 0 Å². The third-order valence-corrected chi connectivity index (χ3v) is 6.56. The van der Waals surface area contributed by atoms with Crippen molar-refractivity contribution in [2.24, 2.45) is 23.7 Å². The van der Waals surface area contributed by atoms with Gasteiger partial charge in [-0.25, -0.2) is 0 Å². The first-order valence-corrected chi connectivity index (χ1v) is 16.2. The summed E-state index contributed by atoms with van der Waals surface area (Å²) in [6, 6.07) is 0. The van der Waals surface area contributed by atoms with Gasteiger partial charge in [0.1, 0.15) is 0 Å². The molecule has 0 nitrogen and oxygen atoms in total. The molecule has 3 unspecified atom stereocenters. The van der Waals surface area contributed by atoms with E-state index in [-0.39, 0.29) is 0 Å². The van der Waals surface area contributed by atoms with Crippen LogP contribution in [0.15, 0.2) is 11.6 Å². The number of hydrogen-bond donors (Lipinski definition) is 0. The molecule has 0 aromatic carbocycles. The van der Waals surface area contributed by atoms with Gasteiger partial charge in [-0.15, -0.1) is 0 Å². The highest BCUT2D eigenvalue weighted by molar-refractivity contribution is 5.01. The fourth-order valence-corrected chi connectivity index (χ4v) is 3.59. The molecule has 0 radical (unpaired) electrons. The first-order valence-electron chi connectivity index (χ1n) is 16.2. The molecule has 0 saturated carbocycles. The van der Waals surface area contributed by atoms with Crippen LogP contribution < -0.4 is 0 Å². The molecule has 0 saturated heterocycles. The van der Waals surface area contributed by atoms with Gasteiger partial charge in [0.2, 0.25) is 0 Å². The van der Waals surface area contributed by atoms with Gasteiger partial charge in [0.15, 0.2) is 0 Å². The quantitative estimate of drug-likeness (QED) is 0.209. The Balaban J connectivity index is -0.000000112. The largest absolute Gasteiger partial charge is 0.0856 e. The molecule has 0 aliphatic heterocycles. The molecule has 0 amide bonds. The lowest BCUT2D eigenvalue weighted by molar-refractivity contribution is 0.339. The summed E-state index contributed by atoms with van der Waals surface area (Å²) in [4.78, 5) is 0. The molecule has 0 rings (SSSR count). The smallest absolute Gasteiger partial charge is 0.0235 e. The van der Waals surface area contributed by atoms with E-state index in [2.05, 4.69) is 110 Å². The van der Waals surface area contributed by atoms with Gasteiger partial charge in [0.25, 0.3) is 0 Å². The summed E-state index contributed by atoms with van der Waals surface area (Å²) in [5.41, 5.74) is 1.56. The fraction of sp³-hybridized carbons (Fsp3) is 0.943. The minimum absolute atomic E-state index is 0.796. The van der Waals surface area contributed by atoms with Gasteiger partial charge in [-0.05, 0) is 43.4 Å². The average Bonchev–Trinajstić information content (AvgIpc) is 2.81. The van der Waals surface area contributed by atoms with Crippen molar-refractivity contribution in [3.05, 3.63) is 11.6 Å². The van der Waals surface area contributed by atoms with E-state index in [1.54, 1.807) is 5.57 Å². The first kappa shape index (κ1) is 44.7. The SMILES string of the molecule is CC/C=C(\C)C(C)CCC.CCCC.CCCC(C)C.CCCC(C)C(C)CCC.CCCCC.